The first-order valence-corrected chi connectivity index (χ1v) is 5.90. The Labute approximate surface area is 90.4 Å². The Bertz CT molecular complexity index is 301. The molecule has 1 unspecified atom stereocenters. The Morgan fingerprint density at radius 1 is 1.50 bits per heavy atom. The van der Waals surface area contributed by atoms with E-state index in [9.17, 15) is 0 Å². The minimum atomic E-state index is 0.320. The number of aryl methyl sites for hydroxylation is 1. The molecule has 2 heteroatoms. The van der Waals surface area contributed by atoms with Gasteiger partial charge in [0.25, 0.3) is 0 Å². The van der Waals surface area contributed by atoms with E-state index >= 15 is 0 Å². The highest BCUT2D eigenvalue weighted by Gasteiger charge is 2.12. The fourth-order valence-electron chi connectivity index (χ4n) is 1.29. The smallest absolute Gasteiger partial charge is 0.0968 e. The van der Waals surface area contributed by atoms with Gasteiger partial charge in [0.1, 0.15) is 0 Å². The highest BCUT2D eigenvalue weighted by Crippen LogP contribution is 2.29. The minimum absolute atomic E-state index is 0.320. The molecule has 0 aliphatic rings. The van der Waals surface area contributed by atoms with Gasteiger partial charge in [0.15, 0.2) is 0 Å². The Hall–Kier alpha value is -0.760. The monoisotopic (exact) mass is 210 g/mol. The van der Waals surface area contributed by atoms with Crippen molar-refractivity contribution >= 4 is 11.3 Å². The van der Waals surface area contributed by atoms with Crippen LogP contribution in [0, 0.1) is 0 Å². The summed E-state index contributed by atoms with van der Waals surface area (Å²) in [5, 5.41) is 0. The normalized spacial score (nSPS) is 12.5. The van der Waals surface area contributed by atoms with Crippen LogP contribution in [0.4, 0.5) is 0 Å². The second-order valence-corrected chi connectivity index (χ2v) is 4.48. The highest BCUT2D eigenvalue weighted by atomic mass is 32.1. The summed E-state index contributed by atoms with van der Waals surface area (Å²) in [6.45, 7) is 11.0. The van der Waals surface area contributed by atoms with Gasteiger partial charge in [-0.1, -0.05) is 20.4 Å². The third-order valence-corrected chi connectivity index (χ3v) is 3.68. The van der Waals surface area contributed by atoms with E-state index in [1.807, 2.05) is 18.3 Å². The van der Waals surface area contributed by atoms with Crippen LogP contribution in [0.1, 0.15) is 36.4 Å². The van der Waals surface area contributed by atoms with Crippen molar-refractivity contribution < 1.29 is 4.74 Å². The second kappa shape index (κ2) is 5.20. The molecule has 0 aliphatic heterocycles. The highest BCUT2D eigenvalue weighted by molar-refractivity contribution is 7.12. The molecule has 0 aliphatic carbocycles. The number of hydrogen-bond acceptors (Lipinski definition) is 2. The van der Waals surface area contributed by atoms with Crippen LogP contribution in [0.25, 0.3) is 0 Å². The SMILES string of the molecule is C=C(OCC)C(C)c1ccc(CC)s1. The van der Waals surface area contributed by atoms with E-state index in [4.69, 9.17) is 4.74 Å². The quantitative estimate of drug-likeness (QED) is 0.668. The van der Waals surface area contributed by atoms with Gasteiger partial charge in [-0.15, -0.1) is 11.3 Å². The lowest BCUT2D eigenvalue weighted by molar-refractivity contribution is 0.214. The molecule has 0 spiro atoms. The van der Waals surface area contributed by atoms with E-state index < -0.39 is 0 Å². The molecule has 1 aromatic heterocycles. The van der Waals surface area contributed by atoms with E-state index in [1.165, 1.54) is 9.75 Å². The summed E-state index contributed by atoms with van der Waals surface area (Å²) >= 11 is 1.85. The van der Waals surface area contributed by atoms with Gasteiger partial charge < -0.3 is 4.74 Å². The van der Waals surface area contributed by atoms with Gasteiger partial charge in [-0.3, -0.25) is 0 Å². The van der Waals surface area contributed by atoms with Crippen molar-refractivity contribution in [3.05, 3.63) is 34.2 Å². The van der Waals surface area contributed by atoms with Crippen LogP contribution in [0.5, 0.6) is 0 Å². The molecule has 1 heterocycles. The predicted octanol–water partition coefficient (Wildman–Crippen LogP) is 3.96. The number of allylic oxidation sites excluding steroid dienone is 1. The lowest BCUT2D eigenvalue weighted by atomic mass is 10.1. The third kappa shape index (κ3) is 2.61. The molecular formula is C12H18OS. The van der Waals surface area contributed by atoms with Crippen molar-refractivity contribution in [2.24, 2.45) is 0 Å². The Morgan fingerprint density at radius 3 is 2.71 bits per heavy atom. The first kappa shape index (κ1) is 11.3. The molecule has 0 amide bonds. The Kier molecular flexibility index (Phi) is 4.21. The van der Waals surface area contributed by atoms with Gasteiger partial charge in [-0.25, -0.2) is 0 Å². The fourth-order valence-corrected chi connectivity index (χ4v) is 2.31. The summed E-state index contributed by atoms with van der Waals surface area (Å²) in [5.74, 6) is 1.19. The molecule has 0 fully saturated rings. The van der Waals surface area contributed by atoms with Gasteiger partial charge in [0.05, 0.1) is 12.4 Å². The van der Waals surface area contributed by atoms with Gasteiger partial charge in [0.2, 0.25) is 0 Å². The number of ether oxygens (including phenoxy) is 1. The lowest BCUT2D eigenvalue weighted by Gasteiger charge is -2.13. The van der Waals surface area contributed by atoms with Crippen molar-refractivity contribution in [2.75, 3.05) is 6.61 Å². The van der Waals surface area contributed by atoms with Crippen molar-refractivity contribution in [3.63, 3.8) is 0 Å². The average Bonchev–Trinajstić information content (AvgIpc) is 2.65. The maximum atomic E-state index is 5.41. The molecule has 14 heavy (non-hydrogen) atoms. The summed E-state index contributed by atoms with van der Waals surface area (Å²) in [5.41, 5.74) is 0. The molecule has 78 valence electrons. The van der Waals surface area contributed by atoms with Crippen LogP contribution >= 0.6 is 11.3 Å². The third-order valence-electron chi connectivity index (χ3n) is 2.27. The molecule has 1 atom stereocenters. The standard InChI is InChI=1S/C12H18OS/c1-5-11-7-8-12(14-11)9(3)10(4)13-6-2/h7-9H,4-6H2,1-3H3. The minimum Gasteiger partial charge on any atom is -0.498 e. The van der Waals surface area contributed by atoms with E-state index in [2.05, 4.69) is 32.6 Å². The van der Waals surface area contributed by atoms with Crippen LogP contribution in [-0.2, 0) is 11.2 Å². The predicted molar refractivity (Wildman–Crippen MR) is 62.9 cm³/mol. The van der Waals surface area contributed by atoms with Gasteiger partial charge in [0, 0.05) is 15.7 Å². The summed E-state index contributed by atoms with van der Waals surface area (Å²) < 4.78 is 5.41. The zero-order valence-electron chi connectivity index (χ0n) is 9.17. The van der Waals surface area contributed by atoms with Crippen molar-refractivity contribution in [2.45, 2.75) is 33.1 Å². The Balaban J connectivity index is 2.68. The molecule has 0 N–H and O–H groups in total. The Morgan fingerprint density at radius 2 is 2.21 bits per heavy atom. The van der Waals surface area contributed by atoms with Crippen LogP contribution in [0.15, 0.2) is 24.5 Å². The maximum Gasteiger partial charge on any atom is 0.0968 e. The summed E-state index contributed by atoms with van der Waals surface area (Å²) in [6, 6.07) is 4.37. The fraction of sp³-hybridized carbons (Fsp3) is 0.500. The average molecular weight is 210 g/mol. The van der Waals surface area contributed by atoms with Crippen LogP contribution in [0.2, 0.25) is 0 Å². The maximum absolute atomic E-state index is 5.41. The molecule has 1 aromatic rings. The molecular weight excluding hydrogens is 192 g/mol. The summed E-state index contributed by atoms with van der Waals surface area (Å²) in [7, 11) is 0. The molecule has 0 saturated carbocycles. The largest absolute Gasteiger partial charge is 0.498 e. The molecule has 0 aromatic carbocycles. The van der Waals surface area contributed by atoms with E-state index in [1.54, 1.807) is 0 Å². The van der Waals surface area contributed by atoms with E-state index in [-0.39, 0.29) is 0 Å². The zero-order chi connectivity index (χ0) is 10.6. The topological polar surface area (TPSA) is 9.23 Å². The molecule has 0 radical (unpaired) electrons. The number of hydrogen-bond donors (Lipinski definition) is 0. The van der Waals surface area contributed by atoms with Gasteiger partial charge in [-0.2, -0.15) is 0 Å². The first-order chi connectivity index (χ1) is 6.69. The number of rotatable bonds is 5. The van der Waals surface area contributed by atoms with Crippen LogP contribution < -0.4 is 0 Å². The van der Waals surface area contributed by atoms with Gasteiger partial charge in [-0.05, 0) is 25.5 Å². The van der Waals surface area contributed by atoms with E-state index in [0.29, 0.717) is 12.5 Å². The summed E-state index contributed by atoms with van der Waals surface area (Å²) in [6.07, 6.45) is 1.11. The van der Waals surface area contributed by atoms with Crippen LogP contribution in [-0.4, -0.2) is 6.61 Å². The molecule has 0 saturated heterocycles. The van der Waals surface area contributed by atoms with E-state index in [0.717, 1.165) is 12.2 Å². The molecule has 1 nitrogen and oxygen atoms in total. The number of thiophene rings is 1. The van der Waals surface area contributed by atoms with Crippen molar-refractivity contribution in [1.82, 2.24) is 0 Å². The molecule has 1 rings (SSSR count). The van der Waals surface area contributed by atoms with Crippen LogP contribution in [0.3, 0.4) is 0 Å². The first-order valence-electron chi connectivity index (χ1n) is 5.09. The molecule has 0 bridgehead atoms. The van der Waals surface area contributed by atoms with Crippen molar-refractivity contribution in [3.8, 4) is 0 Å². The lowest BCUT2D eigenvalue weighted by Crippen LogP contribution is -1.98. The zero-order valence-corrected chi connectivity index (χ0v) is 9.99. The van der Waals surface area contributed by atoms with Crippen molar-refractivity contribution in [1.29, 1.82) is 0 Å². The second-order valence-electron chi connectivity index (χ2n) is 3.28. The summed E-state index contributed by atoms with van der Waals surface area (Å²) in [4.78, 5) is 2.77. The van der Waals surface area contributed by atoms with Gasteiger partial charge >= 0.3 is 0 Å².